The topological polar surface area (TPSA) is 35.8 Å². The van der Waals surface area contributed by atoms with Gasteiger partial charge in [-0.3, -0.25) is 0 Å². The number of allylic oxidation sites excluding steroid dienone is 2. The molecule has 0 unspecified atom stereocenters. The van der Waals surface area contributed by atoms with E-state index in [1.807, 2.05) is 0 Å². The molecule has 0 heterocycles. The summed E-state index contributed by atoms with van der Waals surface area (Å²) in [6.07, 6.45) is 11.3. The lowest BCUT2D eigenvalue weighted by molar-refractivity contribution is 0.632. The summed E-state index contributed by atoms with van der Waals surface area (Å²) in [6, 6.07) is 2.12. The Kier molecular flexibility index (Phi) is 11.5. The second-order valence-electron chi connectivity index (χ2n) is 3.41. The van der Waals surface area contributed by atoms with Gasteiger partial charge in [-0.2, -0.15) is 5.26 Å². The number of nitrogens with one attached hydrogen (secondary N) is 1. The monoisotopic (exact) mass is 194 g/mol. The molecule has 0 saturated carbocycles. The molecule has 0 aliphatic carbocycles. The van der Waals surface area contributed by atoms with Crippen molar-refractivity contribution in [2.45, 2.75) is 45.4 Å². The molecule has 0 aromatic carbocycles. The van der Waals surface area contributed by atoms with Crippen molar-refractivity contribution in [1.29, 1.82) is 5.26 Å². The third-order valence-corrected chi connectivity index (χ3v) is 2.01. The molecular formula is C12H22N2. The summed E-state index contributed by atoms with van der Waals surface area (Å²) in [5, 5.41) is 11.5. The summed E-state index contributed by atoms with van der Waals surface area (Å²) in [5.41, 5.74) is 0. The van der Waals surface area contributed by atoms with Crippen LogP contribution in [0.1, 0.15) is 45.4 Å². The van der Waals surface area contributed by atoms with Crippen LogP contribution in [0.25, 0.3) is 0 Å². The summed E-state index contributed by atoms with van der Waals surface area (Å²) in [7, 11) is 0. The van der Waals surface area contributed by atoms with Gasteiger partial charge < -0.3 is 5.32 Å². The fourth-order valence-electron chi connectivity index (χ4n) is 1.18. The van der Waals surface area contributed by atoms with Crippen molar-refractivity contribution >= 4 is 0 Å². The van der Waals surface area contributed by atoms with Gasteiger partial charge in [0.2, 0.25) is 0 Å². The highest BCUT2D eigenvalue weighted by Crippen LogP contribution is 1.97. The molecule has 0 aromatic heterocycles. The van der Waals surface area contributed by atoms with E-state index in [2.05, 4.69) is 30.5 Å². The second-order valence-corrected chi connectivity index (χ2v) is 3.41. The van der Waals surface area contributed by atoms with Gasteiger partial charge >= 0.3 is 0 Å². The molecule has 80 valence electrons. The van der Waals surface area contributed by atoms with Crippen molar-refractivity contribution in [2.24, 2.45) is 0 Å². The molecule has 0 aromatic rings. The summed E-state index contributed by atoms with van der Waals surface area (Å²) >= 11 is 0. The van der Waals surface area contributed by atoms with Crippen LogP contribution in [0.3, 0.4) is 0 Å². The molecule has 0 aliphatic heterocycles. The van der Waals surface area contributed by atoms with Crippen LogP contribution in [0.4, 0.5) is 0 Å². The normalized spacial score (nSPS) is 10.6. The van der Waals surface area contributed by atoms with Gasteiger partial charge in [-0.15, -0.1) is 0 Å². The first kappa shape index (κ1) is 13.2. The van der Waals surface area contributed by atoms with Crippen LogP contribution in [-0.2, 0) is 0 Å². The first-order valence-corrected chi connectivity index (χ1v) is 5.64. The lowest BCUT2D eigenvalue weighted by Gasteiger charge is -1.99. The minimum atomic E-state index is 0.621. The minimum Gasteiger partial charge on any atom is -0.316 e. The Labute approximate surface area is 88.0 Å². The molecule has 14 heavy (non-hydrogen) atoms. The molecule has 0 rings (SSSR count). The van der Waals surface area contributed by atoms with Gasteiger partial charge in [-0.1, -0.05) is 25.5 Å². The Bertz CT molecular complexity index is 168. The van der Waals surface area contributed by atoms with E-state index in [9.17, 15) is 0 Å². The van der Waals surface area contributed by atoms with E-state index in [1.165, 1.54) is 32.1 Å². The number of hydrogen-bond acceptors (Lipinski definition) is 2. The van der Waals surface area contributed by atoms with Crippen molar-refractivity contribution in [2.75, 3.05) is 13.1 Å². The molecule has 2 nitrogen and oxygen atoms in total. The highest BCUT2D eigenvalue weighted by molar-refractivity contribution is 4.80. The predicted octanol–water partition coefficient (Wildman–Crippen LogP) is 3.02. The SMILES string of the molecule is CCC/C=C/CCCCNCCC#N. The smallest absolute Gasteiger partial charge is 0.0635 e. The first-order valence-electron chi connectivity index (χ1n) is 5.64. The van der Waals surface area contributed by atoms with Gasteiger partial charge in [-0.25, -0.2) is 0 Å². The molecule has 0 amide bonds. The number of nitriles is 1. The zero-order valence-corrected chi connectivity index (χ0v) is 9.26. The molecule has 1 N–H and O–H groups in total. The molecule has 0 fully saturated rings. The molecule has 0 bridgehead atoms. The van der Waals surface area contributed by atoms with Gasteiger partial charge in [0.15, 0.2) is 0 Å². The van der Waals surface area contributed by atoms with Crippen molar-refractivity contribution in [3.63, 3.8) is 0 Å². The van der Waals surface area contributed by atoms with Gasteiger partial charge in [0.25, 0.3) is 0 Å². The minimum absolute atomic E-state index is 0.621. The Morgan fingerprint density at radius 1 is 1.14 bits per heavy atom. The van der Waals surface area contributed by atoms with E-state index in [0.29, 0.717) is 6.42 Å². The number of hydrogen-bond donors (Lipinski definition) is 1. The Morgan fingerprint density at radius 2 is 1.93 bits per heavy atom. The largest absolute Gasteiger partial charge is 0.316 e. The fourth-order valence-corrected chi connectivity index (χ4v) is 1.18. The number of unbranched alkanes of at least 4 members (excludes halogenated alkanes) is 3. The van der Waals surface area contributed by atoms with Crippen LogP contribution in [-0.4, -0.2) is 13.1 Å². The second kappa shape index (κ2) is 12.2. The molecule has 2 heteroatoms. The Balaban J connectivity index is 2.96. The van der Waals surface area contributed by atoms with Crippen LogP contribution >= 0.6 is 0 Å². The van der Waals surface area contributed by atoms with Crippen LogP contribution in [0, 0.1) is 11.3 Å². The third-order valence-electron chi connectivity index (χ3n) is 2.01. The van der Waals surface area contributed by atoms with Crippen molar-refractivity contribution in [3.8, 4) is 6.07 Å². The predicted molar refractivity (Wildman–Crippen MR) is 61.0 cm³/mol. The third kappa shape index (κ3) is 11.2. The summed E-state index contributed by atoms with van der Waals surface area (Å²) in [6.45, 7) is 4.08. The Morgan fingerprint density at radius 3 is 2.64 bits per heavy atom. The number of nitrogens with zero attached hydrogens (tertiary/aromatic N) is 1. The average molecular weight is 194 g/mol. The molecule has 0 aliphatic rings. The van der Waals surface area contributed by atoms with E-state index in [0.717, 1.165) is 13.1 Å². The van der Waals surface area contributed by atoms with Crippen LogP contribution < -0.4 is 5.32 Å². The lowest BCUT2D eigenvalue weighted by atomic mass is 10.2. The fraction of sp³-hybridized carbons (Fsp3) is 0.750. The van der Waals surface area contributed by atoms with Crippen LogP contribution in [0.2, 0.25) is 0 Å². The molecule has 0 spiro atoms. The molecule has 0 saturated heterocycles. The van der Waals surface area contributed by atoms with E-state index in [-0.39, 0.29) is 0 Å². The van der Waals surface area contributed by atoms with Gasteiger partial charge in [-0.05, 0) is 32.2 Å². The zero-order chi connectivity index (χ0) is 10.5. The lowest BCUT2D eigenvalue weighted by Crippen LogP contribution is -2.15. The standard InChI is InChI=1S/C12H22N2/c1-2-3-4-5-6-7-8-11-14-12-9-10-13/h4-5,14H,2-3,6-9,11-12H2,1H3/b5-4+. The molecular weight excluding hydrogens is 172 g/mol. The van der Waals surface area contributed by atoms with Crippen LogP contribution in [0.15, 0.2) is 12.2 Å². The molecule has 0 atom stereocenters. The maximum Gasteiger partial charge on any atom is 0.0635 e. The average Bonchev–Trinajstić information content (AvgIpc) is 2.21. The zero-order valence-electron chi connectivity index (χ0n) is 9.26. The van der Waals surface area contributed by atoms with E-state index in [1.54, 1.807) is 0 Å². The summed E-state index contributed by atoms with van der Waals surface area (Å²) in [5.74, 6) is 0. The van der Waals surface area contributed by atoms with Gasteiger partial charge in [0.1, 0.15) is 0 Å². The first-order chi connectivity index (χ1) is 6.91. The van der Waals surface area contributed by atoms with Gasteiger partial charge in [0.05, 0.1) is 6.07 Å². The van der Waals surface area contributed by atoms with E-state index in [4.69, 9.17) is 5.26 Å². The quantitative estimate of drug-likeness (QED) is 0.452. The van der Waals surface area contributed by atoms with Crippen molar-refractivity contribution in [1.82, 2.24) is 5.32 Å². The highest BCUT2D eigenvalue weighted by Gasteiger charge is 1.87. The van der Waals surface area contributed by atoms with E-state index < -0.39 is 0 Å². The van der Waals surface area contributed by atoms with Crippen molar-refractivity contribution < 1.29 is 0 Å². The molecule has 0 radical (unpaired) electrons. The van der Waals surface area contributed by atoms with E-state index >= 15 is 0 Å². The maximum atomic E-state index is 8.29. The van der Waals surface area contributed by atoms with Crippen LogP contribution in [0.5, 0.6) is 0 Å². The maximum absolute atomic E-state index is 8.29. The van der Waals surface area contributed by atoms with Crippen molar-refractivity contribution in [3.05, 3.63) is 12.2 Å². The number of rotatable bonds is 9. The highest BCUT2D eigenvalue weighted by atomic mass is 14.8. The Hall–Kier alpha value is -0.810. The summed E-state index contributed by atoms with van der Waals surface area (Å²) in [4.78, 5) is 0. The summed E-state index contributed by atoms with van der Waals surface area (Å²) < 4.78 is 0. The van der Waals surface area contributed by atoms with Gasteiger partial charge in [0, 0.05) is 13.0 Å².